The quantitative estimate of drug-likeness (QED) is 0.724. The van der Waals surface area contributed by atoms with Gasteiger partial charge in [-0.1, -0.05) is 0 Å². The van der Waals surface area contributed by atoms with Crippen LogP contribution in [0.4, 0.5) is 4.79 Å². The number of urea groups is 1. The fourth-order valence-corrected chi connectivity index (χ4v) is 1.98. The first kappa shape index (κ1) is 15.2. The molecule has 2 heterocycles. The molecule has 0 radical (unpaired) electrons. The van der Waals surface area contributed by atoms with Crippen molar-refractivity contribution in [2.75, 3.05) is 13.2 Å². The number of aryl methyl sites for hydroxylation is 1. The lowest BCUT2D eigenvalue weighted by atomic mass is 9.85. The second kappa shape index (κ2) is 6.04. The summed E-state index contributed by atoms with van der Waals surface area (Å²) in [5.41, 5.74) is 0.309. The minimum absolute atomic E-state index is 0.0801. The molecule has 0 bridgehead atoms. The Balaban J connectivity index is 1.87. The molecule has 0 aliphatic carbocycles. The fourth-order valence-electron chi connectivity index (χ4n) is 1.98. The Morgan fingerprint density at radius 2 is 2.24 bits per heavy atom. The fraction of sp³-hybridized carbons (Fsp3) is 0.538. The van der Waals surface area contributed by atoms with Crippen LogP contribution in [0.25, 0.3) is 0 Å². The van der Waals surface area contributed by atoms with Crippen molar-refractivity contribution in [1.29, 1.82) is 0 Å². The molecule has 3 N–H and O–H groups in total. The number of hydrogen-bond donors (Lipinski definition) is 3. The number of hydrogen-bond acceptors (Lipinski definition) is 5. The van der Waals surface area contributed by atoms with E-state index in [9.17, 15) is 14.7 Å². The maximum Gasteiger partial charge on any atom is 0.315 e. The Morgan fingerprint density at radius 3 is 2.86 bits per heavy atom. The molecular formula is C13H18N4O4. The van der Waals surface area contributed by atoms with E-state index in [1.807, 2.05) is 6.92 Å². The van der Waals surface area contributed by atoms with Crippen LogP contribution in [0.5, 0.6) is 0 Å². The average molecular weight is 294 g/mol. The molecule has 1 aliphatic rings. The van der Waals surface area contributed by atoms with E-state index in [1.165, 1.54) is 0 Å². The zero-order valence-electron chi connectivity index (χ0n) is 11.9. The number of carboxylic acids is 1. The van der Waals surface area contributed by atoms with Gasteiger partial charge in [0.05, 0.1) is 43.4 Å². The van der Waals surface area contributed by atoms with Crippen LogP contribution in [-0.4, -0.2) is 46.3 Å². The van der Waals surface area contributed by atoms with Crippen molar-refractivity contribution in [3.05, 3.63) is 23.8 Å². The molecule has 1 aliphatic heterocycles. The highest BCUT2D eigenvalue weighted by Gasteiger charge is 2.47. The predicted molar refractivity (Wildman–Crippen MR) is 72.5 cm³/mol. The van der Waals surface area contributed by atoms with Gasteiger partial charge in [-0.3, -0.25) is 14.8 Å². The first-order valence-electron chi connectivity index (χ1n) is 6.55. The first-order chi connectivity index (χ1) is 9.91. The number of aromatic nitrogens is 2. The third-order valence-corrected chi connectivity index (χ3v) is 3.51. The van der Waals surface area contributed by atoms with Crippen molar-refractivity contribution in [3.63, 3.8) is 0 Å². The highest BCUT2D eigenvalue weighted by atomic mass is 16.5. The molecule has 8 heteroatoms. The number of carbonyl (C=O) groups is 2. The second-order valence-corrected chi connectivity index (χ2v) is 5.27. The van der Waals surface area contributed by atoms with Crippen LogP contribution in [0.1, 0.15) is 18.3 Å². The first-order valence-corrected chi connectivity index (χ1v) is 6.55. The van der Waals surface area contributed by atoms with Crippen molar-refractivity contribution in [2.24, 2.45) is 5.41 Å². The van der Waals surface area contributed by atoms with E-state index in [2.05, 4.69) is 20.6 Å². The lowest BCUT2D eigenvalue weighted by Gasteiger charge is -2.25. The van der Waals surface area contributed by atoms with Crippen LogP contribution >= 0.6 is 0 Å². The number of aliphatic carboxylic acids is 1. The van der Waals surface area contributed by atoms with E-state index >= 15 is 0 Å². The monoisotopic (exact) mass is 294 g/mol. The van der Waals surface area contributed by atoms with E-state index < -0.39 is 23.5 Å². The number of nitrogens with zero attached hydrogens (tertiary/aromatic N) is 2. The van der Waals surface area contributed by atoms with Gasteiger partial charge in [-0.15, -0.1) is 0 Å². The third-order valence-electron chi connectivity index (χ3n) is 3.51. The maximum atomic E-state index is 11.8. The van der Waals surface area contributed by atoms with Gasteiger partial charge in [0.15, 0.2) is 0 Å². The van der Waals surface area contributed by atoms with Gasteiger partial charge in [-0.25, -0.2) is 4.79 Å². The minimum atomic E-state index is -1.11. The molecule has 0 spiro atoms. The molecule has 21 heavy (non-hydrogen) atoms. The normalized spacial score (nSPS) is 24.6. The average Bonchev–Trinajstić information content (AvgIpc) is 2.81. The van der Waals surface area contributed by atoms with Crippen LogP contribution in [0.15, 0.2) is 12.4 Å². The summed E-state index contributed by atoms with van der Waals surface area (Å²) in [6, 6.07) is -1.03. The lowest BCUT2D eigenvalue weighted by Crippen LogP contribution is -2.52. The summed E-state index contributed by atoms with van der Waals surface area (Å²) in [6.45, 7) is 3.86. The van der Waals surface area contributed by atoms with Gasteiger partial charge in [0.1, 0.15) is 5.41 Å². The van der Waals surface area contributed by atoms with Gasteiger partial charge in [0, 0.05) is 6.20 Å². The van der Waals surface area contributed by atoms with E-state index in [4.69, 9.17) is 4.74 Å². The Hall–Kier alpha value is -2.22. The van der Waals surface area contributed by atoms with Gasteiger partial charge in [-0.2, -0.15) is 0 Å². The van der Waals surface area contributed by atoms with Crippen LogP contribution < -0.4 is 10.6 Å². The van der Waals surface area contributed by atoms with Gasteiger partial charge in [0.25, 0.3) is 0 Å². The van der Waals surface area contributed by atoms with Crippen LogP contribution in [0, 0.1) is 12.3 Å². The van der Waals surface area contributed by atoms with Gasteiger partial charge < -0.3 is 20.5 Å². The molecule has 8 nitrogen and oxygen atoms in total. The van der Waals surface area contributed by atoms with Crippen molar-refractivity contribution in [1.82, 2.24) is 20.6 Å². The molecule has 1 aromatic rings. The highest BCUT2D eigenvalue weighted by Crippen LogP contribution is 2.28. The number of carbonyl (C=O) groups excluding carboxylic acids is 1. The maximum absolute atomic E-state index is 11.8. The topological polar surface area (TPSA) is 113 Å². The summed E-state index contributed by atoms with van der Waals surface area (Å²) in [4.78, 5) is 31.3. The van der Waals surface area contributed by atoms with E-state index in [-0.39, 0.29) is 19.8 Å². The minimum Gasteiger partial charge on any atom is -0.481 e. The Morgan fingerprint density at radius 1 is 1.48 bits per heavy atom. The molecule has 2 amide bonds. The number of carboxylic acid groups (broad SMARTS) is 1. The third kappa shape index (κ3) is 3.46. The van der Waals surface area contributed by atoms with E-state index in [0.717, 1.165) is 5.69 Å². The highest BCUT2D eigenvalue weighted by molar-refractivity contribution is 5.79. The summed E-state index contributed by atoms with van der Waals surface area (Å²) in [5, 5.41) is 14.5. The largest absolute Gasteiger partial charge is 0.481 e. The molecule has 2 rings (SSSR count). The Bertz CT molecular complexity index is 533. The Labute approximate surface area is 121 Å². The van der Waals surface area contributed by atoms with Gasteiger partial charge in [-0.05, 0) is 13.8 Å². The molecular weight excluding hydrogens is 276 g/mol. The van der Waals surface area contributed by atoms with E-state index in [0.29, 0.717) is 5.69 Å². The predicted octanol–water partition coefficient (Wildman–Crippen LogP) is 0.0739. The second-order valence-electron chi connectivity index (χ2n) is 5.27. The number of amides is 2. The lowest BCUT2D eigenvalue weighted by molar-refractivity contribution is -0.148. The molecule has 1 aromatic heterocycles. The van der Waals surface area contributed by atoms with Crippen molar-refractivity contribution >= 4 is 12.0 Å². The molecule has 2 atom stereocenters. The van der Waals surface area contributed by atoms with Crippen molar-refractivity contribution in [3.8, 4) is 0 Å². The number of ether oxygens (including phenoxy) is 1. The summed E-state index contributed by atoms with van der Waals surface area (Å²) >= 11 is 0. The molecule has 1 fully saturated rings. The zero-order valence-corrected chi connectivity index (χ0v) is 11.9. The number of nitrogens with one attached hydrogen (secondary N) is 2. The smallest absolute Gasteiger partial charge is 0.315 e. The zero-order chi connectivity index (χ0) is 15.5. The van der Waals surface area contributed by atoms with Gasteiger partial charge in [0.2, 0.25) is 0 Å². The molecule has 0 saturated carbocycles. The van der Waals surface area contributed by atoms with Crippen LogP contribution in [0.3, 0.4) is 0 Å². The Kier molecular flexibility index (Phi) is 4.37. The summed E-state index contributed by atoms with van der Waals surface area (Å²) < 4.78 is 5.17. The molecule has 0 aromatic carbocycles. The van der Waals surface area contributed by atoms with E-state index in [1.54, 1.807) is 19.3 Å². The molecule has 2 unspecified atom stereocenters. The molecule has 1 saturated heterocycles. The summed E-state index contributed by atoms with van der Waals surface area (Å²) in [5.74, 6) is -0.991. The van der Waals surface area contributed by atoms with Crippen LogP contribution in [-0.2, 0) is 16.1 Å². The SMILES string of the molecule is Cc1cnc(CNC(=O)NC2COCC2(C)C(=O)O)cn1. The van der Waals surface area contributed by atoms with Crippen LogP contribution in [0.2, 0.25) is 0 Å². The van der Waals surface area contributed by atoms with Crippen molar-refractivity contribution < 1.29 is 19.4 Å². The summed E-state index contributed by atoms with van der Waals surface area (Å²) in [7, 11) is 0. The summed E-state index contributed by atoms with van der Waals surface area (Å²) in [6.07, 6.45) is 3.19. The number of rotatable bonds is 4. The standard InChI is InChI=1S/C13H18N4O4/c1-8-3-15-9(4-14-8)5-16-12(20)17-10-6-21-7-13(10,2)11(18)19/h3-4,10H,5-7H2,1-2H3,(H,18,19)(H2,16,17,20). The molecule has 114 valence electrons. The van der Waals surface area contributed by atoms with Crippen molar-refractivity contribution in [2.45, 2.75) is 26.4 Å². The van der Waals surface area contributed by atoms with Gasteiger partial charge >= 0.3 is 12.0 Å².